The summed E-state index contributed by atoms with van der Waals surface area (Å²) in [4.78, 5) is 24.8. The van der Waals surface area contributed by atoms with Gasteiger partial charge in [-0.2, -0.15) is 0 Å². The average molecular weight is 315 g/mol. The lowest BCUT2D eigenvalue weighted by Crippen LogP contribution is -2.34. The summed E-state index contributed by atoms with van der Waals surface area (Å²) in [6.07, 6.45) is 2.03. The van der Waals surface area contributed by atoms with E-state index in [1.54, 1.807) is 19.1 Å². The summed E-state index contributed by atoms with van der Waals surface area (Å²) < 4.78 is 18.2. The van der Waals surface area contributed by atoms with Crippen LogP contribution in [0.25, 0.3) is 0 Å². The van der Waals surface area contributed by atoms with Crippen LogP contribution in [0, 0.1) is 5.82 Å². The lowest BCUT2D eigenvalue weighted by molar-refractivity contribution is -0.136. The Bertz CT molecular complexity index is 731. The number of ether oxygens (including phenoxy) is 1. The van der Waals surface area contributed by atoms with Gasteiger partial charge in [0.2, 0.25) is 0 Å². The van der Waals surface area contributed by atoms with Crippen molar-refractivity contribution in [1.82, 2.24) is 5.32 Å². The van der Waals surface area contributed by atoms with Crippen LogP contribution in [0.4, 0.5) is 4.39 Å². The molecule has 1 aromatic rings. The summed E-state index contributed by atoms with van der Waals surface area (Å²) >= 11 is 0. The van der Waals surface area contributed by atoms with E-state index in [2.05, 4.69) is 5.32 Å². The van der Waals surface area contributed by atoms with E-state index in [-0.39, 0.29) is 11.6 Å². The molecule has 1 atom stereocenters. The molecule has 3 rings (SSSR count). The quantitative estimate of drug-likeness (QED) is 0.853. The third kappa shape index (κ3) is 2.67. The fourth-order valence-corrected chi connectivity index (χ4v) is 3.35. The van der Waals surface area contributed by atoms with Crippen LogP contribution >= 0.6 is 0 Å². The van der Waals surface area contributed by atoms with Gasteiger partial charge in [0, 0.05) is 29.3 Å². The number of hydrogen-bond acceptors (Lipinski definition) is 4. The Labute approximate surface area is 134 Å². The first-order valence-electron chi connectivity index (χ1n) is 7.60. The highest BCUT2D eigenvalue weighted by Gasteiger charge is 2.38. The molecule has 5 heteroatoms. The van der Waals surface area contributed by atoms with Crippen molar-refractivity contribution in [2.75, 3.05) is 7.11 Å². The van der Waals surface area contributed by atoms with Crippen LogP contribution in [0.5, 0.6) is 0 Å². The van der Waals surface area contributed by atoms with Crippen molar-refractivity contribution in [2.24, 2.45) is 0 Å². The number of Topliss-reactive ketones (excluding diaryl/α,β-unsaturated/α-hetero) is 1. The third-order valence-electron chi connectivity index (χ3n) is 4.38. The van der Waals surface area contributed by atoms with Gasteiger partial charge in [0.25, 0.3) is 0 Å². The molecule has 1 aliphatic carbocycles. The van der Waals surface area contributed by atoms with Gasteiger partial charge in [-0.05, 0) is 37.5 Å². The highest BCUT2D eigenvalue weighted by molar-refractivity contribution is 6.03. The molecule has 1 aliphatic heterocycles. The summed E-state index contributed by atoms with van der Waals surface area (Å²) in [5.74, 6) is -1.31. The number of hydrogen-bond donors (Lipinski definition) is 1. The first-order chi connectivity index (χ1) is 11.0. The SMILES string of the molecule is COC(=O)C1=C(C)NC2=C(C(=O)CCC2)C1c1ccc(F)cc1. The van der Waals surface area contributed by atoms with Gasteiger partial charge in [-0.3, -0.25) is 4.79 Å². The van der Waals surface area contributed by atoms with Crippen LogP contribution in [0.15, 0.2) is 46.8 Å². The maximum Gasteiger partial charge on any atom is 0.336 e. The topological polar surface area (TPSA) is 55.4 Å². The molecule has 120 valence electrons. The maximum atomic E-state index is 13.3. The number of ketones is 1. The van der Waals surface area contributed by atoms with Crippen molar-refractivity contribution in [3.8, 4) is 0 Å². The minimum absolute atomic E-state index is 0.0296. The van der Waals surface area contributed by atoms with Gasteiger partial charge in [-0.25, -0.2) is 9.18 Å². The summed E-state index contributed by atoms with van der Waals surface area (Å²) in [6.45, 7) is 1.80. The number of halogens is 1. The zero-order valence-electron chi connectivity index (χ0n) is 13.1. The highest BCUT2D eigenvalue weighted by Crippen LogP contribution is 2.42. The minimum atomic E-state index is -0.507. The molecule has 1 N–H and O–H groups in total. The number of benzene rings is 1. The first-order valence-corrected chi connectivity index (χ1v) is 7.60. The number of carbonyl (C=O) groups is 2. The van der Waals surface area contributed by atoms with Crippen molar-refractivity contribution in [3.63, 3.8) is 0 Å². The van der Waals surface area contributed by atoms with Gasteiger partial charge in [0.1, 0.15) is 5.82 Å². The fourth-order valence-electron chi connectivity index (χ4n) is 3.35. The van der Waals surface area contributed by atoms with Crippen LogP contribution in [0.3, 0.4) is 0 Å². The van der Waals surface area contributed by atoms with Crippen molar-refractivity contribution < 1.29 is 18.7 Å². The fraction of sp³-hybridized carbons (Fsp3) is 0.333. The molecule has 1 unspecified atom stereocenters. The van der Waals surface area contributed by atoms with Crippen LogP contribution in [-0.2, 0) is 14.3 Å². The second kappa shape index (κ2) is 5.99. The standard InChI is InChI=1S/C18H18FNO3/c1-10-15(18(22)23-2)16(11-6-8-12(19)9-7-11)17-13(20-10)4-3-5-14(17)21/h6-9,16,20H,3-5H2,1-2H3. The molecule has 1 heterocycles. The van der Waals surface area contributed by atoms with E-state index in [1.807, 2.05) is 0 Å². The Morgan fingerprint density at radius 2 is 1.96 bits per heavy atom. The Morgan fingerprint density at radius 1 is 1.26 bits per heavy atom. The molecule has 0 radical (unpaired) electrons. The predicted molar refractivity (Wildman–Crippen MR) is 82.9 cm³/mol. The molecular weight excluding hydrogens is 297 g/mol. The van der Waals surface area contributed by atoms with Crippen molar-refractivity contribution >= 4 is 11.8 Å². The molecule has 4 nitrogen and oxygen atoms in total. The van der Waals surface area contributed by atoms with Gasteiger partial charge >= 0.3 is 5.97 Å². The molecule has 0 spiro atoms. The molecule has 2 aliphatic rings. The Hall–Kier alpha value is -2.43. The van der Waals surface area contributed by atoms with Crippen LogP contribution in [0.2, 0.25) is 0 Å². The average Bonchev–Trinajstić information content (AvgIpc) is 2.54. The second-order valence-electron chi connectivity index (χ2n) is 5.81. The van der Waals surface area contributed by atoms with Crippen LogP contribution in [-0.4, -0.2) is 18.9 Å². The molecular formula is C18H18FNO3. The largest absolute Gasteiger partial charge is 0.466 e. The summed E-state index contributed by atoms with van der Waals surface area (Å²) in [7, 11) is 1.32. The van der Waals surface area contributed by atoms with E-state index in [9.17, 15) is 14.0 Å². The summed E-state index contributed by atoms with van der Waals surface area (Å²) in [5.41, 5.74) is 3.28. The van der Waals surface area contributed by atoms with Gasteiger partial charge in [-0.1, -0.05) is 12.1 Å². The van der Waals surface area contributed by atoms with Crippen molar-refractivity contribution in [1.29, 1.82) is 0 Å². The Kier molecular flexibility index (Phi) is 4.03. The molecule has 23 heavy (non-hydrogen) atoms. The zero-order chi connectivity index (χ0) is 16.6. The molecule has 0 saturated heterocycles. The monoisotopic (exact) mass is 315 g/mol. The number of methoxy groups -OCH3 is 1. The molecule has 0 amide bonds. The Balaban J connectivity index is 2.18. The lowest BCUT2D eigenvalue weighted by atomic mass is 9.75. The number of allylic oxidation sites excluding steroid dienone is 3. The van der Waals surface area contributed by atoms with Gasteiger partial charge < -0.3 is 10.1 Å². The molecule has 1 aromatic carbocycles. The number of esters is 1. The number of carbonyl (C=O) groups excluding carboxylic acids is 2. The molecule has 0 bridgehead atoms. The lowest BCUT2D eigenvalue weighted by Gasteiger charge is -2.34. The van der Waals surface area contributed by atoms with E-state index in [1.165, 1.54) is 19.2 Å². The van der Waals surface area contributed by atoms with E-state index in [0.29, 0.717) is 23.3 Å². The first kappa shape index (κ1) is 15.5. The predicted octanol–water partition coefficient (Wildman–Crippen LogP) is 2.97. The normalized spacial score (nSPS) is 21.0. The van der Waals surface area contributed by atoms with Gasteiger partial charge in [-0.15, -0.1) is 0 Å². The van der Waals surface area contributed by atoms with E-state index >= 15 is 0 Å². The molecule has 0 saturated carbocycles. The molecule has 0 fully saturated rings. The van der Waals surface area contributed by atoms with Gasteiger partial charge in [0.05, 0.1) is 12.7 Å². The smallest absolute Gasteiger partial charge is 0.336 e. The highest BCUT2D eigenvalue weighted by atomic mass is 19.1. The van der Waals surface area contributed by atoms with Crippen LogP contribution < -0.4 is 5.32 Å². The number of dihydropyridines is 1. The second-order valence-corrected chi connectivity index (χ2v) is 5.81. The number of rotatable bonds is 2. The summed E-state index contributed by atoms with van der Waals surface area (Å²) in [5, 5.41) is 3.19. The summed E-state index contributed by atoms with van der Waals surface area (Å²) in [6, 6.07) is 5.92. The van der Waals surface area contributed by atoms with Crippen molar-refractivity contribution in [3.05, 3.63) is 58.2 Å². The van der Waals surface area contributed by atoms with Gasteiger partial charge in [0.15, 0.2) is 5.78 Å². The van der Waals surface area contributed by atoms with Crippen LogP contribution in [0.1, 0.15) is 37.7 Å². The third-order valence-corrected chi connectivity index (χ3v) is 4.38. The molecule has 0 aromatic heterocycles. The van der Waals surface area contributed by atoms with Crippen molar-refractivity contribution in [2.45, 2.75) is 32.1 Å². The van der Waals surface area contributed by atoms with E-state index < -0.39 is 11.9 Å². The number of nitrogens with one attached hydrogen (secondary N) is 1. The zero-order valence-corrected chi connectivity index (χ0v) is 13.1. The minimum Gasteiger partial charge on any atom is -0.466 e. The van der Waals surface area contributed by atoms with E-state index in [4.69, 9.17) is 4.74 Å². The Morgan fingerprint density at radius 3 is 2.61 bits per heavy atom. The van der Waals surface area contributed by atoms with E-state index in [0.717, 1.165) is 24.1 Å². The maximum absolute atomic E-state index is 13.3.